The summed E-state index contributed by atoms with van der Waals surface area (Å²) in [4.78, 5) is 0. The fourth-order valence-corrected chi connectivity index (χ4v) is 2.44. The molecule has 0 unspecified atom stereocenters. The van der Waals surface area contributed by atoms with E-state index in [2.05, 4.69) is 105 Å². The molecule has 0 aromatic carbocycles. The van der Waals surface area contributed by atoms with Crippen LogP contribution in [0.4, 0.5) is 0 Å². The van der Waals surface area contributed by atoms with E-state index in [1.165, 1.54) is 46.3 Å². The molecule has 0 N–H and O–H groups in total. The Morgan fingerprint density at radius 3 is 1.10 bits per heavy atom. The number of hydrogen-bond acceptors (Lipinski definition) is 0. The van der Waals surface area contributed by atoms with Gasteiger partial charge in [-0.1, -0.05) is 95.2 Å². The molecule has 0 saturated carbocycles. The first kappa shape index (κ1) is 30.1. The molecule has 0 spiro atoms. The van der Waals surface area contributed by atoms with E-state index in [1.54, 1.807) is 0 Å². The molecule has 0 aromatic heterocycles. The van der Waals surface area contributed by atoms with Crippen molar-refractivity contribution in [2.75, 3.05) is 0 Å². The highest BCUT2D eigenvalue weighted by atomic mass is 14.0. The van der Waals surface area contributed by atoms with E-state index in [-0.39, 0.29) is 0 Å². The lowest BCUT2D eigenvalue weighted by molar-refractivity contribution is 0.958. The molecule has 0 aliphatic heterocycles. The second-order valence-electron chi connectivity index (χ2n) is 8.52. The van der Waals surface area contributed by atoms with Gasteiger partial charge in [0, 0.05) is 0 Å². The van der Waals surface area contributed by atoms with E-state index >= 15 is 0 Å². The summed E-state index contributed by atoms with van der Waals surface area (Å²) in [6.07, 6.45) is 24.1. The summed E-state index contributed by atoms with van der Waals surface area (Å²) in [6, 6.07) is 0. The monoisotopic (exact) mass is 408 g/mol. The minimum Gasteiger partial charge on any atom is -0.0988 e. The molecule has 0 saturated heterocycles. The van der Waals surface area contributed by atoms with Crippen LogP contribution in [-0.4, -0.2) is 0 Å². The van der Waals surface area contributed by atoms with E-state index in [4.69, 9.17) is 0 Å². The highest BCUT2D eigenvalue weighted by Gasteiger charge is 1.89. The first-order chi connectivity index (χ1) is 14.1. The molecule has 0 nitrogen and oxygen atoms in total. The van der Waals surface area contributed by atoms with Crippen molar-refractivity contribution in [1.29, 1.82) is 0 Å². The van der Waals surface area contributed by atoms with Crippen LogP contribution in [0, 0.1) is 0 Å². The number of rotatable bonds is 12. The zero-order valence-electron chi connectivity index (χ0n) is 21.3. The van der Waals surface area contributed by atoms with Gasteiger partial charge in [0.05, 0.1) is 0 Å². The summed E-state index contributed by atoms with van der Waals surface area (Å²) in [6.45, 7) is 24.6. The van der Waals surface area contributed by atoms with Crippen LogP contribution in [0.3, 0.4) is 0 Å². The highest BCUT2D eigenvalue weighted by molar-refractivity contribution is 5.16. The first-order valence-corrected chi connectivity index (χ1v) is 11.3. The Morgan fingerprint density at radius 2 is 0.833 bits per heavy atom. The van der Waals surface area contributed by atoms with Crippen molar-refractivity contribution in [3.05, 3.63) is 95.2 Å². The van der Waals surface area contributed by atoms with Crippen LogP contribution in [0.2, 0.25) is 0 Å². The Kier molecular flexibility index (Phi) is 20.3. The maximum atomic E-state index is 3.73. The smallest absolute Gasteiger partial charge is 0.0161 e. The molecule has 0 aliphatic rings. The van der Waals surface area contributed by atoms with E-state index in [1.807, 2.05) is 12.2 Å². The van der Waals surface area contributed by atoms with Gasteiger partial charge in [0.25, 0.3) is 0 Å². The molecule has 0 aromatic rings. The highest BCUT2D eigenvalue weighted by Crippen LogP contribution is 2.09. The van der Waals surface area contributed by atoms with Gasteiger partial charge in [-0.15, -0.1) is 0 Å². The van der Waals surface area contributed by atoms with Crippen LogP contribution in [-0.2, 0) is 0 Å². The maximum Gasteiger partial charge on any atom is -0.0161 e. The van der Waals surface area contributed by atoms with Crippen molar-refractivity contribution in [3.8, 4) is 0 Å². The van der Waals surface area contributed by atoms with Gasteiger partial charge in [-0.2, -0.15) is 0 Å². The van der Waals surface area contributed by atoms with Crippen LogP contribution in [0.25, 0.3) is 0 Å². The van der Waals surface area contributed by atoms with Gasteiger partial charge in [0.15, 0.2) is 0 Å². The molecule has 0 bridgehead atoms. The molecular weight excluding hydrogens is 360 g/mol. The lowest BCUT2D eigenvalue weighted by Gasteiger charge is -1.98. The lowest BCUT2D eigenvalue weighted by Crippen LogP contribution is -1.77. The van der Waals surface area contributed by atoms with Crippen LogP contribution < -0.4 is 0 Å². The molecule has 168 valence electrons. The molecule has 0 fully saturated rings. The molecular formula is C30H48. The van der Waals surface area contributed by atoms with Crippen molar-refractivity contribution in [1.82, 2.24) is 0 Å². The third-order valence-corrected chi connectivity index (χ3v) is 4.64. The first-order valence-electron chi connectivity index (χ1n) is 11.3. The SMILES string of the molecule is C=C/C(C)=C\C/C=C(\C)CCC=C(C)C.C=CC(C)=CCC=C(C)CCC=C(C)C. The molecule has 0 heteroatoms. The minimum absolute atomic E-state index is 1.03. The van der Waals surface area contributed by atoms with Crippen molar-refractivity contribution in [2.24, 2.45) is 0 Å². The lowest BCUT2D eigenvalue weighted by atomic mass is 10.1. The third kappa shape index (κ3) is 24.0. The Bertz CT molecular complexity index is 601. The fraction of sp³-hybridized carbons (Fsp3) is 0.467. The topological polar surface area (TPSA) is 0 Å². The Morgan fingerprint density at radius 1 is 0.500 bits per heavy atom. The van der Waals surface area contributed by atoms with Crippen molar-refractivity contribution in [2.45, 2.75) is 93.9 Å². The molecule has 0 aliphatic carbocycles. The predicted molar refractivity (Wildman–Crippen MR) is 142 cm³/mol. The van der Waals surface area contributed by atoms with Gasteiger partial charge < -0.3 is 0 Å². The van der Waals surface area contributed by atoms with Crippen LogP contribution in [0.15, 0.2) is 95.2 Å². The van der Waals surface area contributed by atoms with Crippen LogP contribution in [0.5, 0.6) is 0 Å². The van der Waals surface area contributed by atoms with E-state index in [0.717, 1.165) is 25.7 Å². The summed E-state index contributed by atoms with van der Waals surface area (Å²) in [5.41, 5.74) is 8.27. The van der Waals surface area contributed by atoms with Gasteiger partial charge in [0.2, 0.25) is 0 Å². The van der Waals surface area contributed by atoms with Crippen LogP contribution >= 0.6 is 0 Å². The van der Waals surface area contributed by atoms with E-state index in [0.29, 0.717) is 0 Å². The largest absolute Gasteiger partial charge is 0.0988 e. The summed E-state index contributed by atoms with van der Waals surface area (Å²) in [5.74, 6) is 0. The predicted octanol–water partition coefficient (Wildman–Crippen LogP) is 10.4. The van der Waals surface area contributed by atoms with Crippen molar-refractivity contribution in [3.63, 3.8) is 0 Å². The van der Waals surface area contributed by atoms with Crippen molar-refractivity contribution < 1.29 is 0 Å². The zero-order valence-corrected chi connectivity index (χ0v) is 21.3. The average molecular weight is 409 g/mol. The fourth-order valence-electron chi connectivity index (χ4n) is 2.44. The Balaban J connectivity index is 0. The standard InChI is InChI=1S/2C15H24/c2*1-6-14(4)10-8-12-15(5)11-7-9-13(2)3/h2*6,9-10,12H,1,7-8,11H2,2-5H3/b14-10-,15-12+;. The summed E-state index contributed by atoms with van der Waals surface area (Å²) in [7, 11) is 0. The molecule has 30 heavy (non-hydrogen) atoms. The van der Waals surface area contributed by atoms with Gasteiger partial charge >= 0.3 is 0 Å². The molecule has 0 atom stereocenters. The van der Waals surface area contributed by atoms with Crippen LogP contribution in [0.1, 0.15) is 93.9 Å². The van der Waals surface area contributed by atoms with Crippen molar-refractivity contribution >= 4 is 0 Å². The quantitative estimate of drug-likeness (QED) is 0.222. The second-order valence-corrected chi connectivity index (χ2v) is 8.52. The maximum absolute atomic E-state index is 3.73. The minimum atomic E-state index is 1.03. The third-order valence-electron chi connectivity index (χ3n) is 4.64. The average Bonchev–Trinajstić information content (AvgIpc) is 2.67. The normalized spacial score (nSPS) is 12.5. The molecule has 0 rings (SSSR count). The number of allylic oxidation sites excluding steroid dienone is 14. The molecule has 0 radical (unpaired) electrons. The summed E-state index contributed by atoms with van der Waals surface area (Å²) in [5, 5.41) is 0. The summed E-state index contributed by atoms with van der Waals surface area (Å²) >= 11 is 0. The van der Waals surface area contributed by atoms with E-state index in [9.17, 15) is 0 Å². The Labute approximate surface area is 189 Å². The van der Waals surface area contributed by atoms with Gasteiger partial charge in [-0.25, -0.2) is 0 Å². The molecule has 0 amide bonds. The van der Waals surface area contributed by atoms with Gasteiger partial charge in [0.1, 0.15) is 0 Å². The second kappa shape index (κ2) is 20.2. The van der Waals surface area contributed by atoms with Gasteiger partial charge in [-0.05, 0) is 93.9 Å². The van der Waals surface area contributed by atoms with E-state index < -0.39 is 0 Å². The van der Waals surface area contributed by atoms with Gasteiger partial charge in [-0.3, -0.25) is 0 Å². The zero-order chi connectivity index (χ0) is 23.4. The number of hydrogen-bond donors (Lipinski definition) is 0. The molecule has 0 heterocycles. The summed E-state index contributed by atoms with van der Waals surface area (Å²) < 4.78 is 0. The Hall–Kier alpha value is -2.08.